The Balaban J connectivity index is 1.44. The summed E-state index contributed by atoms with van der Waals surface area (Å²) in [6.07, 6.45) is 3.72. The van der Waals surface area contributed by atoms with Crippen molar-refractivity contribution in [1.82, 2.24) is 29.0 Å². The van der Waals surface area contributed by atoms with E-state index in [1.54, 1.807) is 35.1 Å². The molecule has 9 heteroatoms. The Bertz CT molecular complexity index is 1150. The average molecular weight is 408 g/mol. The van der Waals surface area contributed by atoms with Gasteiger partial charge in [-0.25, -0.2) is 0 Å². The van der Waals surface area contributed by atoms with Crippen molar-refractivity contribution in [2.75, 3.05) is 32.8 Å². The monoisotopic (exact) mass is 408 g/mol. The third-order valence-electron chi connectivity index (χ3n) is 6.63. The zero-order chi connectivity index (χ0) is 21.0. The van der Waals surface area contributed by atoms with Crippen LogP contribution in [0.2, 0.25) is 0 Å². The number of aromatic nitrogens is 4. The Hall–Kier alpha value is -3.20. The van der Waals surface area contributed by atoms with Crippen molar-refractivity contribution >= 4 is 17.5 Å². The number of nitrogens with zero attached hydrogens (tertiary/aromatic N) is 6. The molecular formula is C21H24N6O3. The molecule has 0 aromatic carbocycles. The van der Waals surface area contributed by atoms with E-state index >= 15 is 0 Å². The fourth-order valence-corrected chi connectivity index (χ4v) is 4.87. The van der Waals surface area contributed by atoms with E-state index in [9.17, 15) is 14.7 Å². The van der Waals surface area contributed by atoms with E-state index < -0.39 is 5.41 Å². The second kappa shape index (κ2) is 6.66. The van der Waals surface area contributed by atoms with E-state index in [1.165, 1.54) is 0 Å². The first kappa shape index (κ1) is 18.8. The zero-order valence-electron chi connectivity index (χ0n) is 17.0. The summed E-state index contributed by atoms with van der Waals surface area (Å²) >= 11 is 0. The van der Waals surface area contributed by atoms with Crippen LogP contribution in [0.3, 0.4) is 0 Å². The minimum Gasteiger partial charge on any atom is -0.396 e. The molecule has 2 amide bonds. The molecule has 156 valence electrons. The Morgan fingerprint density at radius 2 is 1.93 bits per heavy atom. The van der Waals surface area contributed by atoms with Crippen LogP contribution in [-0.2, 0) is 11.8 Å². The molecule has 0 aliphatic carbocycles. The van der Waals surface area contributed by atoms with Crippen LogP contribution in [0, 0.1) is 11.3 Å². The van der Waals surface area contributed by atoms with Crippen molar-refractivity contribution in [3.63, 3.8) is 0 Å². The average Bonchev–Trinajstić information content (AvgIpc) is 3.47. The van der Waals surface area contributed by atoms with Crippen LogP contribution >= 0.6 is 0 Å². The number of aryl methyl sites for hydroxylation is 1. The lowest BCUT2D eigenvalue weighted by atomic mass is 9.82. The molecule has 1 N–H and O–H groups in total. The molecule has 3 aromatic heterocycles. The highest BCUT2D eigenvalue weighted by molar-refractivity contribution is 5.94. The van der Waals surface area contributed by atoms with Crippen LogP contribution in [0.15, 0.2) is 36.7 Å². The zero-order valence-corrected chi connectivity index (χ0v) is 17.0. The molecule has 2 aliphatic rings. The van der Waals surface area contributed by atoms with Gasteiger partial charge in [0.2, 0.25) is 5.91 Å². The summed E-state index contributed by atoms with van der Waals surface area (Å²) in [5.41, 5.74) is 1.70. The number of carbonyl (C=O) groups excluding carboxylic acids is 2. The molecule has 0 bridgehead atoms. The van der Waals surface area contributed by atoms with Gasteiger partial charge in [-0.2, -0.15) is 0 Å². The minimum absolute atomic E-state index is 0.0152. The maximum Gasteiger partial charge on any atom is 0.255 e. The number of carbonyl (C=O) groups is 2. The van der Waals surface area contributed by atoms with E-state index in [-0.39, 0.29) is 24.3 Å². The van der Waals surface area contributed by atoms with Gasteiger partial charge in [0, 0.05) is 63.9 Å². The summed E-state index contributed by atoms with van der Waals surface area (Å²) in [5.74, 6) is 0.698. The lowest BCUT2D eigenvalue weighted by Crippen LogP contribution is -2.40. The molecular weight excluding hydrogens is 384 g/mol. The van der Waals surface area contributed by atoms with E-state index in [0.717, 1.165) is 5.69 Å². The fourth-order valence-electron chi connectivity index (χ4n) is 4.87. The van der Waals surface area contributed by atoms with Gasteiger partial charge in [-0.1, -0.05) is 0 Å². The lowest BCUT2D eigenvalue weighted by Gasteiger charge is -2.27. The summed E-state index contributed by atoms with van der Waals surface area (Å²) in [5, 5.41) is 18.6. The number of amides is 2. The van der Waals surface area contributed by atoms with Gasteiger partial charge in [0.15, 0.2) is 11.5 Å². The highest BCUT2D eigenvalue weighted by Gasteiger charge is 2.53. The molecule has 2 saturated heterocycles. The topological polar surface area (TPSA) is 96.0 Å². The molecule has 5 heterocycles. The largest absolute Gasteiger partial charge is 0.396 e. The Morgan fingerprint density at radius 3 is 2.60 bits per heavy atom. The summed E-state index contributed by atoms with van der Waals surface area (Å²) < 4.78 is 3.79. The van der Waals surface area contributed by atoms with Crippen molar-refractivity contribution in [3.05, 3.63) is 42.2 Å². The minimum atomic E-state index is -0.434. The molecule has 2 aliphatic heterocycles. The van der Waals surface area contributed by atoms with Crippen molar-refractivity contribution in [1.29, 1.82) is 0 Å². The number of aliphatic hydroxyl groups excluding tert-OH is 1. The van der Waals surface area contributed by atoms with Gasteiger partial charge in [-0.3, -0.25) is 14.0 Å². The number of likely N-dealkylation sites (tertiary alicyclic amines) is 2. The predicted molar refractivity (Wildman–Crippen MR) is 109 cm³/mol. The van der Waals surface area contributed by atoms with E-state index in [4.69, 9.17) is 0 Å². The molecule has 5 rings (SSSR count). The van der Waals surface area contributed by atoms with Crippen LogP contribution in [0.4, 0.5) is 0 Å². The van der Waals surface area contributed by atoms with Gasteiger partial charge in [0.05, 0.1) is 17.9 Å². The number of fused-ring (bicyclic) bond motifs is 2. The van der Waals surface area contributed by atoms with Crippen molar-refractivity contribution in [3.8, 4) is 11.5 Å². The summed E-state index contributed by atoms with van der Waals surface area (Å²) in [6, 6.07) is 7.46. The van der Waals surface area contributed by atoms with Crippen LogP contribution in [0.1, 0.15) is 17.3 Å². The Morgan fingerprint density at radius 1 is 1.17 bits per heavy atom. The van der Waals surface area contributed by atoms with E-state index in [1.807, 2.05) is 34.3 Å². The van der Waals surface area contributed by atoms with Gasteiger partial charge in [-0.05, 0) is 24.3 Å². The van der Waals surface area contributed by atoms with Gasteiger partial charge in [0.25, 0.3) is 5.91 Å². The van der Waals surface area contributed by atoms with Gasteiger partial charge in [0.1, 0.15) is 0 Å². The van der Waals surface area contributed by atoms with E-state index in [0.29, 0.717) is 43.2 Å². The van der Waals surface area contributed by atoms with Gasteiger partial charge in [-0.15, -0.1) is 10.2 Å². The number of hydrogen-bond acceptors (Lipinski definition) is 5. The SMILES string of the molecule is CC(=O)N1C[C@@H]2CN(C(=O)c3ccc4nnc(-c5cccn5C)n4c3)C[C@]2(CO)C1. The molecule has 2 fully saturated rings. The first-order valence-electron chi connectivity index (χ1n) is 10.0. The molecule has 3 aromatic rings. The van der Waals surface area contributed by atoms with E-state index in [2.05, 4.69) is 10.2 Å². The quantitative estimate of drug-likeness (QED) is 0.687. The standard InChI is InChI=1S/C21H24N6O3/c1-14(29)25-9-16-10-26(12-21(16,11-25)13-28)20(30)15-5-6-18-22-23-19(27(18)8-15)17-4-3-7-24(17)2/h3-8,16,28H,9-13H2,1-2H3/t16-,21+/m1/s1. The number of pyridine rings is 1. The lowest BCUT2D eigenvalue weighted by molar-refractivity contribution is -0.128. The van der Waals surface area contributed by atoms with Crippen LogP contribution in [0.5, 0.6) is 0 Å². The summed E-state index contributed by atoms with van der Waals surface area (Å²) in [7, 11) is 1.94. The third-order valence-corrected chi connectivity index (χ3v) is 6.63. The normalized spacial score (nSPS) is 23.4. The molecule has 2 atom stereocenters. The van der Waals surface area contributed by atoms with Gasteiger partial charge < -0.3 is 19.5 Å². The van der Waals surface area contributed by atoms with Crippen molar-refractivity contribution in [2.24, 2.45) is 18.4 Å². The molecule has 30 heavy (non-hydrogen) atoms. The first-order chi connectivity index (χ1) is 14.4. The number of hydrogen-bond donors (Lipinski definition) is 1. The smallest absolute Gasteiger partial charge is 0.255 e. The Labute approximate surface area is 173 Å². The predicted octanol–water partition coefficient (Wildman–Crippen LogP) is 0.648. The second-order valence-corrected chi connectivity index (χ2v) is 8.48. The summed E-state index contributed by atoms with van der Waals surface area (Å²) in [4.78, 5) is 28.6. The molecule has 0 saturated carbocycles. The van der Waals surface area contributed by atoms with Crippen LogP contribution in [-0.4, -0.2) is 78.7 Å². The Kier molecular flexibility index (Phi) is 4.18. The maximum atomic E-state index is 13.3. The van der Waals surface area contributed by atoms with Gasteiger partial charge >= 0.3 is 0 Å². The summed E-state index contributed by atoms with van der Waals surface area (Å²) in [6.45, 7) is 3.58. The number of rotatable bonds is 3. The fraction of sp³-hybridized carbons (Fsp3) is 0.429. The van der Waals surface area contributed by atoms with Crippen LogP contribution < -0.4 is 0 Å². The second-order valence-electron chi connectivity index (χ2n) is 8.48. The van der Waals surface area contributed by atoms with Crippen molar-refractivity contribution in [2.45, 2.75) is 6.92 Å². The van der Waals surface area contributed by atoms with Crippen LogP contribution in [0.25, 0.3) is 17.2 Å². The highest BCUT2D eigenvalue weighted by Crippen LogP contribution is 2.42. The molecule has 9 nitrogen and oxygen atoms in total. The first-order valence-corrected chi connectivity index (χ1v) is 10.0. The number of aliphatic hydroxyl groups is 1. The maximum absolute atomic E-state index is 13.3. The van der Waals surface area contributed by atoms with Crippen molar-refractivity contribution < 1.29 is 14.7 Å². The highest BCUT2D eigenvalue weighted by atomic mass is 16.3. The molecule has 0 radical (unpaired) electrons. The molecule has 0 unspecified atom stereocenters. The molecule has 0 spiro atoms. The third kappa shape index (κ3) is 2.72.